The van der Waals surface area contributed by atoms with Crippen LogP contribution in [0.5, 0.6) is 5.75 Å². The minimum atomic E-state index is -0.265. The highest BCUT2D eigenvalue weighted by Crippen LogP contribution is 2.56. The van der Waals surface area contributed by atoms with E-state index in [1.165, 1.54) is 54.1 Å². The zero-order valence-corrected chi connectivity index (χ0v) is 22.5. The molecule has 1 aliphatic carbocycles. The molecule has 5 heteroatoms. The standard InChI is InChI=1S/C33H24O3S2/c1-35-24-12-7-20(8-13-24)9-14-25-17-22-10-15-26-29(31(22)37-25)27-16-11-23-18-28(38-32(23)30(26)27)33(34)36-19-21-5-3-2-4-6-21/h2-8,10-13,15-18H,9,14,19H2,1H3. The van der Waals surface area contributed by atoms with Gasteiger partial charge in [-0.3, -0.25) is 0 Å². The lowest BCUT2D eigenvalue weighted by Gasteiger charge is -2.25. The molecule has 0 saturated heterocycles. The van der Waals surface area contributed by atoms with Crippen molar-refractivity contribution in [3.63, 3.8) is 0 Å². The van der Waals surface area contributed by atoms with Crippen molar-refractivity contribution in [2.45, 2.75) is 19.4 Å². The van der Waals surface area contributed by atoms with Crippen LogP contribution in [0.4, 0.5) is 0 Å². The number of esters is 1. The van der Waals surface area contributed by atoms with E-state index in [4.69, 9.17) is 9.47 Å². The lowest BCUT2D eigenvalue weighted by atomic mass is 9.79. The first-order valence-electron chi connectivity index (χ1n) is 12.6. The Morgan fingerprint density at radius 1 is 0.711 bits per heavy atom. The Labute approximate surface area is 228 Å². The highest BCUT2D eigenvalue weighted by Gasteiger charge is 2.29. The van der Waals surface area contributed by atoms with E-state index in [1.807, 2.05) is 59.9 Å². The number of fused-ring (bicyclic) bond motifs is 8. The van der Waals surface area contributed by atoms with Gasteiger partial charge in [0.25, 0.3) is 0 Å². The molecule has 0 amide bonds. The summed E-state index contributed by atoms with van der Waals surface area (Å²) in [5, 5.41) is 2.40. The first-order chi connectivity index (χ1) is 18.7. The normalized spacial score (nSPS) is 11.7. The average Bonchev–Trinajstić information content (AvgIpc) is 3.56. The van der Waals surface area contributed by atoms with Gasteiger partial charge in [-0.25, -0.2) is 4.79 Å². The highest BCUT2D eigenvalue weighted by molar-refractivity contribution is 7.21. The first-order valence-corrected chi connectivity index (χ1v) is 14.3. The largest absolute Gasteiger partial charge is 0.497 e. The van der Waals surface area contributed by atoms with Crippen molar-refractivity contribution in [3.05, 3.63) is 112 Å². The quantitative estimate of drug-likeness (QED) is 0.192. The first kappa shape index (κ1) is 23.2. The van der Waals surface area contributed by atoms with Crippen LogP contribution < -0.4 is 4.74 Å². The van der Waals surface area contributed by atoms with Gasteiger partial charge >= 0.3 is 5.97 Å². The smallest absolute Gasteiger partial charge is 0.348 e. The summed E-state index contributed by atoms with van der Waals surface area (Å²) in [6.07, 6.45) is 2.03. The van der Waals surface area contributed by atoms with Crippen LogP contribution in [0.1, 0.15) is 25.7 Å². The number of benzene rings is 4. The van der Waals surface area contributed by atoms with E-state index >= 15 is 0 Å². The van der Waals surface area contributed by atoms with Crippen molar-refractivity contribution in [2.24, 2.45) is 0 Å². The van der Waals surface area contributed by atoms with E-state index in [-0.39, 0.29) is 12.6 Å². The molecule has 4 aromatic carbocycles. The Kier molecular flexibility index (Phi) is 5.76. The summed E-state index contributed by atoms with van der Waals surface area (Å²) >= 11 is 3.44. The molecule has 0 atom stereocenters. The summed E-state index contributed by atoms with van der Waals surface area (Å²) in [5.74, 6) is 0.628. The third-order valence-electron chi connectivity index (χ3n) is 7.20. The summed E-state index contributed by atoms with van der Waals surface area (Å²) in [6, 6.07) is 31.3. The van der Waals surface area contributed by atoms with Crippen LogP contribution >= 0.6 is 22.7 Å². The molecule has 0 unspecified atom stereocenters. The number of thiophene rings is 2. The van der Waals surface area contributed by atoms with E-state index in [1.54, 1.807) is 7.11 Å². The van der Waals surface area contributed by atoms with Crippen molar-refractivity contribution in [1.82, 2.24) is 0 Å². The van der Waals surface area contributed by atoms with E-state index in [0.29, 0.717) is 4.88 Å². The topological polar surface area (TPSA) is 35.5 Å². The van der Waals surface area contributed by atoms with Gasteiger partial charge in [0.1, 0.15) is 17.2 Å². The fourth-order valence-electron chi connectivity index (χ4n) is 5.23. The molecule has 0 radical (unpaired) electrons. The van der Waals surface area contributed by atoms with Gasteiger partial charge in [0.05, 0.1) is 7.11 Å². The number of hydrogen-bond donors (Lipinski definition) is 0. The molecule has 0 saturated carbocycles. The van der Waals surface area contributed by atoms with Crippen molar-refractivity contribution in [1.29, 1.82) is 0 Å². The van der Waals surface area contributed by atoms with E-state index in [0.717, 1.165) is 34.2 Å². The molecule has 0 fully saturated rings. The minimum Gasteiger partial charge on any atom is -0.497 e. The van der Waals surface area contributed by atoms with Crippen LogP contribution in [0, 0.1) is 0 Å². The number of hydrogen-bond acceptors (Lipinski definition) is 5. The number of carbonyl (C=O) groups excluding carboxylic acids is 1. The summed E-state index contributed by atoms with van der Waals surface area (Å²) < 4.78 is 13.4. The molecular formula is C33H24O3S2. The third kappa shape index (κ3) is 3.99. The second-order valence-corrected chi connectivity index (χ2v) is 11.7. The molecule has 0 spiro atoms. The molecular weight excluding hydrogens is 508 g/mol. The highest BCUT2D eigenvalue weighted by atomic mass is 32.1. The Hall–Kier alpha value is -3.93. The second-order valence-electron chi connectivity index (χ2n) is 9.55. The SMILES string of the molecule is COc1ccc(CCc2cc3ccc4c(c3s2)-c2ccc3cc(C(=O)OCc5ccccc5)sc3c2-4)cc1. The predicted octanol–water partition coefficient (Wildman–Crippen LogP) is 8.91. The zero-order chi connectivity index (χ0) is 25.6. The Morgan fingerprint density at radius 3 is 2.11 bits per heavy atom. The van der Waals surface area contributed by atoms with Crippen LogP contribution in [0.3, 0.4) is 0 Å². The molecule has 2 heterocycles. The molecule has 3 nitrogen and oxygen atoms in total. The molecule has 1 aliphatic rings. The van der Waals surface area contributed by atoms with Crippen LogP contribution in [0.25, 0.3) is 42.4 Å². The maximum Gasteiger partial charge on any atom is 0.348 e. The fraction of sp³-hybridized carbons (Fsp3) is 0.121. The van der Waals surface area contributed by atoms with Gasteiger partial charge in [-0.15, -0.1) is 22.7 Å². The van der Waals surface area contributed by atoms with Crippen LogP contribution in [-0.4, -0.2) is 13.1 Å². The monoisotopic (exact) mass is 532 g/mol. The van der Waals surface area contributed by atoms with Gasteiger partial charge in [-0.1, -0.05) is 66.7 Å². The Bertz CT molecular complexity index is 1810. The Balaban J connectivity index is 1.14. The molecule has 6 aromatic rings. The lowest BCUT2D eigenvalue weighted by molar-refractivity contribution is 0.0478. The maximum atomic E-state index is 12.8. The number of ether oxygens (including phenoxy) is 2. The summed E-state index contributed by atoms with van der Waals surface area (Å²) in [5.41, 5.74) is 7.49. The molecule has 0 N–H and O–H groups in total. The summed E-state index contributed by atoms with van der Waals surface area (Å²) in [6.45, 7) is 0.284. The maximum absolute atomic E-state index is 12.8. The van der Waals surface area contributed by atoms with Crippen LogP contribution in [-0.2, 0) is 24.2 Å². The van der Waals surface area contributed by atoms with Crippen molar-refractivity contribution < 1.29 is 14.3 Å². The molecule has 186 valence electrons. The van der Waals surface area contributed by atoms with Gasteiger partial charge in [0.2, 0.25) is 0 Å². The van der Waals surface area contributed by atoms with Gasteiger partial charge in [-0.05, 0) is 70.1 Å². The van der Waals surface area contributed by atoms with Gasteiger partial charge in [-0.2, -0.15) is 0 Å². The molecule has 7 rings (SSSR count). The zero-order valence-electron chi connectivity index (χ0n) is 20.8. The number of methoxy groups -OCH3 is 1. The Morgan fingerprint density at radius 2 is 1.39 bits per heavy atom. The van der Waals surface area contributed by atoms with Crippen molar-refractivity contribution in [2.75, 3.05) is 7.11 Å². The number of aryl methyl sites for hydroxylation is 2. The second kappa shape index (κ2) is 9.43. The molecule has 38 heavy (non-hydrogen) atoms. The van der Waals surface area contributed by atoms with Gasteiger partial charge < -0.3 is 9.47 Å². The minimum absolute atomic E-state index is 0.265. The summed E-state index contributed by atoms with van der Waals surface area (Å²) in [4.78, 5) is 14.9. The summed E-state index contributed by atoms with van der Waals surface area (Å²) in [7, 11) is 1.70. The molecule has 0 bridgehead atoms. The average molecular weight is 533 g/mol. The number of rotatable bonds is 7. The van der Waals surface area contributed by atoms with E-state index in [9.17, 15) is 4.79 Å². The van der Waals surface area contributed by atoms with Gasteiger partial charge in [0.15, 0.2) is 0 Å². The molecule has 2 aromatic heterocycles. The van der Waals surface area contributed by atoms with Crippen molar-refractivity contribution >= 4 is 48.8 Å². The fourth-order valence-corrected chi connectivity index (χ4v) is 7.56. The van der Waals surface area contributed by atoms with Crippen LogP contribution in [0.2, 0.25) is 0 Å². The van der Waals surface area contributed by atoms with Gasteiger partial charge in [0, 0.05) is 25.4 Å². The van der Waals surface area contributed by atoms with E-state index < -0.39 is 0 Å². The predicted molar refractivity (Wildman–Crippen MR) is 158 cm³/mol. The lowest BCUT2D eigenvalue weighted by Crippen LogP contribution is -2.02. The molecule has 0 aliphatic heterocycles. The van der Waals surface area contributed by atoms with Crippen molar-refractivity contribution in [3.8, 4) is 28.0 Å². The number of carbonyl (C=O) groups is 1. The third-order valence-corrected chi connectivity index (χ3v) is 9.57. The van der Waals surface area contributed by atoms with E-state index in [2.05, 4.69) is 42.5 Å². The van der Waals surface area contributed by atoms with Crippen LogP contribution in [0.15, 0.2) is 91.0 Å².